The number of rotatable bonds is 8. The fourth-order valence-electron chi connectivity index (χ4n) is 4.45. The van der Waals surface area contributed by atoms with Crippen molar-refractivity contribution in [3.8, 4) is 5.75 Å². The maximum absolute atomic E-state index is 12.4. The predicted octanol–water partition coefficient (Wildman–Crippen LogP) is 3.92. The molecular formula is C26H34N2O5S. The van der Waals surface area contributed by atoms with Crippen LogP contribution in [0.15, 0.2) is 52.0 Å². The molecule has 1 N–H and O–H groups in total. The molecule has 0 unspecified atom stereocenters. The van der Waals surface area contributed by atoms with Crippen molar-refractivity contribution in [1.82, 2.24) is 9.21 Å². The molecule has 1 fully saturated rings. The maximum Gasteiger partial charge on any atom is 0.275 e. The van der Waals surface area contributed by atoms with Crippen molar-refractivity contribution in [3.63, 3.8) is 0 Å². The third kappa shape index (κ3) is 5.30. The summed E-state index contributed by atoms with van der Waals surface area (Å²) < 4.78 is 37.3. The topological polar surface area (TPSA) is 83.2 Å². The molecule has 0 aliphatic carbocycles. The number of sulfonamides is 1. The van der Waals surface area contributed by atoms with E-state index in [0.717, 1.165) is 30.2 Å². The van der Waals surface area contributed by atoms with Gasteiger partial charge in [0.15, 0.2) is 0 Å². The minimum atomic E-state index is -3.68. The summed E-state index contributed by atoms with van der Waals surface area (Å²) in [4.78, 5) is 2.28. The lowest BCUT2D eigenvalue weighted by molar-refractivity contribution is 0.0599. The average Bonchev–Trinajstić information content (AvgIpc) is 3.26. The van der Waals surface area contributed by atoms with Gasteiger partial charge in [-0.15, -0.1) is 0 Å². The van der Waals surface area contributed by atoms with E-state index in [1.165, 1.54) is 36.9 Å². The van der Waals surface area contributed by atoms with Crippen LogP contribution < -0.4 is 4.74 Å². The lowest BCUT2D eigenvalue weighted by Crippen LogP contribution is -2.40. The quantitative estimate of drug-likeness (QED) is 0.520. The van der Waals surface area contributed by atoms with E-state index in [-0.39, 0.29) is 11.7 Å². The SMILES string of the molecule is Cc1ccc(C2CCN(C[C@H](O)COc3cccc4oc(S(=O)(=O)N(C)C)cc34)CC2)cc1C. The normalized spacial score (nSPS) is 16.9. The zero-order valence-electron chi connectivity index (χ0n) is 20.3. The van der Waals surface area contributed by atoms with Gasteiger partial charge in [0.25, 0.3) is 10.0 Å². The van der Waals surface area contributed by atoms with E-state index in [2.05, 4.69) is 36.9 Å². The van der Waals surface area contributed by atoms with Crippen LogP contribution in [0.4, 0.5) is 0 Å². The van der Waals surface area contributed by atoms with Crippen LogP contribution in [-0.4, -0.2) is 69.2 Å². The Bertz CT molecular complexity index is 1240. The molecule has 0 amide bonds. The summed E-state index contributed by atoms with van der Waals surface area (Å²) in [5.74, 6) is 1.06. The second-order valence-electron chi connectivity index (χ2n) is 9.40. The summed E-state index contributed by atoms with van der Waals surface area (Å²) in [5.41, 5.74) is 4.51. The first-order valence-electron chi connectivity index (χ1n) is 11.7. The number of hydrogen-bond donors (Lipinski definition) is 1. The first-order chi connectivity index (χ1) is 16.1. The third-order valence-corrected chi connectivity index (χ3v) is 8.40. The number of aryl methyl sites for hydroxylation is 2. The predicted molar refractivity (Wildman–Crippen MR) is 133 cm³/mol. The Labute approximate surface area is 202 Å². The van der Waals surface area contributed by atoms with Crippen molar-refractivity contribution in [3.05, 3.63) is 59.2 Å². The average molecular weight is 487 g/mol. The molecule has 0 saturated carbocycles. The number of fused-ring (bicyclic) bond motifs is 1. The van der Waals surface area contributed by atoms with Gasteiger partial charge in [0.05, 0.1) is 5.39 Å². The Morgan fingerprint density at radius 1 is 1.12 bits per heavy atom. The minimum absolute atomic E-state index is 0.122. The van der Waals surface area contributed by atoms with Gasteiger partial charge in [-0.05, 0) is 74.5 Å². The van der Waals surface area contributed by atoms with Crippen LogP contribution in [0.25, 0.3) is 11.0 Å². The largest absolute Gasteiger partial charge is 0.490 e. The highest BCUT2D eigenvalue weighted by Crippen LogP contribution is 2.32. The molecular weight excluding hydrogens is 452 g/mol. The van der Waals surface area contributed by atoms with Crippen molar-refractivity contribution in [2.24, 2.45) is 0 Å². The summed E-state index contributed by atoms with van der Waals surface area (Å²) >= 11 is 0. The Morgan fingerprint density at radius 2 is 1.85 bits per heavy atom. The molecule has 1 aromatic heterocycles. The highest BCUT2D eigenvalue weighted by molar-refractivity contribution is 7.89. The van der Waals surface area contributed by atoms with E-state index in [0.29, 0.717) is 29.2 Å². The smallest absolute Gasteiger partial charge is 0.275 e. The Hall–Kier alpha value is -2.39. The number of furan rings is 1. The summed E-state index contributed by atoms with van der Waals surface area (Å²) in [6, 6.07) is 13.4. The fourth-order valence-corrected chi connectivity index (χ4v) is 5.27. The van der Waals surface area contributed by atoms with Crippen molar-refractivity contribution in [2.75, 3.05) is 40.3 Å². The molecule has 2 aromatic carbocycles. The third-order valence-electron chi connectivity index (χ3n) is 6.72. The molecule has 0 spiro atoms. The number of piperidine rings is 1. The number of β-amino-alcohol motifs (C(OH)–C–C–N with tert-alkyl or cyclic N) is 1. The van der Waals surface area contributed by atoms with Crippen LogP contribution >= 0.6 is 0 Å². The zero-order valence-corrected chi connectivity index (χ0v) is 21.1. The van der Waals surface area contributed by atoms with E-state index >= 15 is 0 Å². The molecule has 7 nitrogen and oxygen atoms in total. The monoisotopic (exact) mass is 486 g/mol. The van der Waals surface area contributed by atoms with E-state index in [9.17, 15) is 13.5 Å². The molecule has 1 atom stereocenters. The molecule has 0 bridgehead atoms. The number of aliphatic hydroxyl groups excluding tert-OH is 1. The minimum Gasteiger partial charge on any atom is -0.490 e. The van der Waals surface area contributed by atoms with Gasteiger partial charge in [0, 0.05) is 26.7 Å². The summed E-state index contributed by atoms with van der Waals surface area (Å²) in [6.07, 6.45) is 1.51. The Kier molecular flexibility index (Phi) is 7.33. The van der Waals surface area contributed by atoms with Crippen molar-refractivity contribution >= 4 is 21.0 Å². The number of hydrogen-bond acceptors (Lipinski definition) is 6. The van der Waals surface area contributed by atoms with Gasteiger partial charge in [0.2, 0.25) is 5.09 Å². The fraction of sp³-hybridized carbons (Fsp3) is 0.462. The zero-order chi connectivity index (χ0) is 24.5. The van der Waals surface area contributed by atoms with E-state index in [1.807, 2.05) is 0 Å². The van der Waals surface area contributed by atoms with Crippen LogP contribution in [0.3, 0.4) is 0 Å². The highest BCUT2D eigenvalue weighted by atomic mass is 32.2. The second kappa shape index (κ2) is 10.1. The van der Waals surface area contributed by atoms with E-state index in [4.69, 9.17) is 9.15 Å². The molecule has 0 radical (unpaired) electrons. The molecule has 34 heavy (non-hydrogen) atoms. The Morgan fingerprint density at radius 3 is 2.53 bits per heavy atom. The number of likely N-dealkylation sites (tertiary alicyclic amines) is 1. The number of benzene rings is 2. The lowest BCUT2D eigenvalue weighted by atomic mass is 9.88. The van der Waals surface area contributed by atoms with Gasteiger partial charge in [-0.1, -0.05) is 24.3 Å². The van der Waals surface area contributed by atoms with Crippen LogP contribution in [0.5, 0.6) is 5.75 Å². The van der Waals surface area contributed by atoms with Gasteiger partial charge in [-0.3, -0.25) is 0 Å². The molecule has 8 heteroatoms. The van der Waals surface area contributed by atoms with Crippen molar-refractivity contribution < 1.29 is 22.7 Å². The van der Waals surface area contributed by atoms with Gasteiger partial charge in [0.1, 0.15) is 24.0 Å². The molecule has 1 saturated heterocycles. The maximum atomic E-state index is 12.4. The first kappa shape index (κ1) is 24.7. The summed E-state index contributed by atoms with van der Waals surface area (Å²) in [6.45, 7) is 6.85. The standard InChI is InChI=1S/C26H34N2O5S/c1-18-8-9-21(14-19(18)2)20-10-12-28(13-11-20)16-22(29)17-32-24-6-5-7-25-23(24)15-26(33-25)34(30,31)27(3)4/h5-9,14-15,20,22,29H,10-13,16-17H2,1-4H3/t22-/m0/s1. The molecule has 1 aliphatic heterocycles. The molecule has 4 rings (SSSR count). The van der Waals surface area contributed by atoms with E-state index in [1.54, 1.807) is 18.2 Å². The van der Waals surface area contributed by atoms with Crippen molar-refractivity contribution in [1.29, 1.82) is 0 Å². The molecule has 2 heterocycles. The number of ether oxygens (including phenoxy) is 1. The first-order valence-corrected chi connectivity index (χ1v) is 13.1. The summed E-state index contributed by atoms with van der Waals surface area (Å²) in [5, 5.41) is 11.0. The highest BCUT2D eigenvalue weighted by Gasteiger charge is 2.25. The number of nitrogens with zero attached hydrogens (tertiary/aromatic N) is 2. The van der Waals surface area contributed by atoms with Gasteiger partial charge >= 0.3 is 0 Å². The van der Waals surface area contributed by atoms with Crippen LogP contribution in [-0.2, 0) is 10.0 Å². The summed E-state index contributed by atoms with van der Waals surface area (Å²) in [7, 11) is -0.762. The van der Waals surface area contributed by atoms with Crippen LogP contribution in [0.1, 0.15) is 35.4 Å². The van der Waals surface area contributed by atoms with E-state index < -0.39 is 16.1 Å². The Balaban J connectivity index is 1.32. The van der Waals surface area contributed by atoms with Gasteiger partial charge in [-0.25, -0.2) is 12.7 Å². The van der Waals surface area contributed by atoms with Gasteiger partial charge in [-0.2, -0.15) is 0 Å². The molecule has 3 aromatic rings. The second-order valence-corrected chi connectivity index (χ2v) is 11.5. The van der Waals surface area contributed by atoms with Crippen LogP contribution in [0, 0.1) is 13.8 Å². The molecule has 1 aliphatic rings. The van der Waals surface area contributed by atoms with Crippen molar-refractivity contribution in [2.45, 2.75) is 43.8 Å². The van der Waals surface area contributed by atoms with Gasteiger partial charge < -0.3 is 19.2 Å². The molecule has 184 valence electrons. The van der Waals surface area contributed by atoms with Crippen LogP contribution in [0.2, 0.25) is 0 Å². The lowest BCUT2D eigenvalue weighted by Gasteiger charge is -2.33. The number of aliphatic hydroxyl groups is 1.